The number of hydrogen-bond acceptors (Lipinski definition) is 4. The second kappa shape index (κ2) is 6.49. The summed E-state index contributed by atoms with van der Waals surface area (Å²) in [4.78, 5) is 10.9. The third-order valence-electron chi connectivity index (χ3n) is 3.60. The lowest BCUT2D eigenvalue weighted by molar-refractivity contribution is -0.187. The van der Waals surface area contributed by atoms with E-state index in [9.17, 15) is 26.4 Å². The first-order chi connectivity index (χ1) is 9.52. The lowest BCUT2D eigenvalue weighted by Gasteiger charge is -2.20. The minimum Gasteiger partial charge on any atom is -0.481 e. The van der Waals surface area contributed by atoms with E-state index in [0.717, 1.165) is 0 Å². The molecule has 1 rings (SSSR count). The standard InChI is InChI=1S/C11H18F3NO5S/c1-3-7(20-2)6-21(18,19)15-4-8(10(16)17)9(5-15)11(12,13)14/h7-9H,3-6H2,1-2H3,(H,16,17)/t7?,8-,9-/m1/s1. The van der Waals surface area contributed by atoms with E-state index in [1.807, 2.05) is 0 Å². The number of hydrogen-bond donors (Lipinski definition) is 1. The molecule has 0 bridgehead atoms. The normalized spacial score (nSPS) is 26.0. The van der Waals surface area contributed by atoms with E-state index >= 15 is 0 Å². The van der Waals surface area contributed by atoms with Crippen molar-refractivity contribution in [3.8, 4) is 0 Å². The highest BCUT2D eigenvalue weighted by molar-refractivity contribution is 7.89. The number of aliphatic carboxylic acids is 1. The van der Waals surface area contributed by atoms with Crippen molar-refractivity contribution in [2.24, 2.45) is 11.8 Å². The van der Waals surface area contributed by atoms with Crippen LogP contribution in [0.15, 0.2) is 0 Å². The van der Waals surface area contributed by atoms with Gasteiger partial charge >= 0.3 is 12.1 Å². The Kier molecular flexibility index (Phi) is 5.62. The van der Waals surface area contributed by atoms with Gasteiger partial charge in [0, 0.05) is 20.2 Å². The fourth-order valence-corrected chi connectivity index (χ4v) is 4.10. The lowest BCUT2D eigenvalue weighted by Crippen LogP contribution is -2.37. The molecule has 0 amide bonds. The average molecular weight is 333 g/mol. The summed E-state index contributed by atoms with van der Waals surface area (Å²) in [6, 6.07) is 0. The number of sulfonamides is 1. The Morgan fingerprint density at radius 2 is 2.00 bits per heavy atom. The molecule has 0 saturated carbocycles. The van der Waals surface area contributed by atoms with Gasteiger partial charge in [-0.3, -0.25) is 4.79 Å². The number of carbonyl (C=O) groups is 1. The van der Waals surface area contributed by atoms with Gasteiger partial charge in [0.2, 0.25) is 10.0 Å². The minimum absolute atomic E-state index is 0.384. The van der Waals surface area contributed by atoms with Gasteiger partial charge in [-0.25, -0.2) is 12.7 Å². The van der Waals surface area contributed by atoms with Gasteiger partial charge < -0.3 is 9.84 Å². The molecule has 1 saturated heterocycles. The number of methoxy groups -OCH3 is 1. The Bertz CT molecular complexity index is 475. The Morgan fingerprint density at radius 3 is 2.33 bits per heavy atom. The van der Waals surface area contributed by atoms with Gasteiger partial charge in [0.05, 0.1) is 23.7 Å². The van der Waals surface area contributed by atoms with E-state index in [0.29, 0.717) is 10.7 Å². The van der Waals surface area contributed by atoms with Crippen LogP contribution in [0.3, 0.4) is 0 Å². The zero-order valence-electron chi connectivity index (χ0n) is 11.6. The molecule has 10 heteroatoms. The van der Waals surface area contributed by atoms with E-state index in [1.165, 1.54) is 7.11 Å². The molecule has 1 aliphatic heterocycles. The summed E-state index contributed by atoms with van der Waals surface area (Å²) in [5.41, 5.74) is 0. The van der Waals surface area contributed by atoms with Crippen LogP contribution < -0.4 is 0 Å². The second-order valence-corrected chi connectivity index (χ2v) is 6.97. The van der Waals surface area contributed by atoms with Crippen LogP contribution in [-0.2, 0) is 19.6 Å². The minimum atomic E-state index is -4.75. The number of halogens is 3. The predicted octanol–water partition coefficient (Wildman–Crippen LogP) is 0.936. The van der Waals surface area contributed by atoms with Gasteiger partial charge in [-0.05, 0) is 6.42 Å². The second-order valence-electron chi connectivity index (χ2n) is 4.95. The number of nitrogens with zero attached hydrogens (tertiary/aromatic N) is 1. The highest BCUT2D eigenvalue weighted by Crippen LogP contribution is 2.38. The summed E-state index contributed by atoms with van der Waals surface area (Å²) in [5.74, 6) is -6.07. The first-order valence-corrected chi connectivity index (χ1v) is 7.94. The highest BCUT2D eigenvalue weighted by atomic mass is 32.2. The molecule has 0 aromatic rings. The number of carboxylic acids is 1. The summed E-state index contributed by atoms with van der Waals surface area (Å²) in [6.45, 7) is 0.164. The monoisotopic (exact) mass is 333 g/mol. The first kappa shape index (κ1) is 18.2. The largest absolute Gasteiger partial charge is 0.481 e. The Morgan fingerprint density at radius 1 is 1.43 bits per heavy atom. The number of alkyl halides is 3. The van der Waals surface area contributed by atoms with Crippen molar-refractivity contribution in [1.29, 1.82) is 0 Å². The average Bonchev–Trinajstić information content (AvgIpc) is 2.81. The molecule has 0 aromatic carbocycles. The zero-order valence-corrected chi connectivity index (χ0v) is 12.4. The van der Waals surface area contributed by atoms with Crippen LogP contribution in [0, 0.1) is 11.8 Å². The molecule has 21 heavy (non-hydrogen) atoms. The fourth-order valence-electron chi connectivity index (χ4n) is 2.27. The van der Waals surface area contributed by atoms with Crippen molar-refractivity contribution in [2.45, 2.75) is 25.6 Å². The molecule has 124 valence electrons. The molecule has 1 unspecified atom stereocenters. The summed E-state index contributed by atoms with van der Waals surface area (Å²) in [6.07, 6.45) is -5.00. The smallest absolute Gasteiger partial charge is 0.393 e. The molecular weight excluding hydrogens is 315 g/mol. The van der Waals surface area contributed by atoms with Gasteiger partial charge in [-0.2, -0.15) is 13.2 Å². The van der Waals surface area contributed by atoms with Gasteiger partial charge in [-0.15, -0.1) is 0 Å². The molecule has 1 aliphatic rings. The maximum Gasteiger partial charge on any atom is 0.393 e. The topological polar surface area (TPSA) is 83.9 Å². The number of ether oxygens (including phenoxy) is 1. The number of rotatable bonds is 6. The summed E-state index contributed by atoms with van der Waals surface area (Å²) < 4.78 is 68.2. The van der Waals surface area contributed by atoms with Crippen LogP contribution >= 0.6 is 0 Å². The molecule has 1 heterocycles. The van der Waals surface area contributed by atoms with Crippen molar-refractivity contribution in [2.75, 3.05) is 26.0 Å². The molecule has 0 aromatic heterocycles. The first-order valence-electron chi connectivity index (χ1n) is 6.33. The van der Waals surface area contributed by atoms with E-state index in [2.05, 4.69) is 0 Å². The molecule has 1 fully saturated rings. The third kappa shape index (κ3) is 4.30. The SMILES string of the molecule is CCC(CS(=O)(=O)N1C[C@@H](C(F)(F)F)[C@H](C(=O)O)C1)OC. The van der Waals surface area contributed by atoms with Crippen molar-refractivity contribution in [3.63, 3.8) is 0 Å². The van der Waals surface area contributed by atoms with E-state index < -0.39 is 59.0 Å². The van der Waals surface area contributed by atoms with Gasteiger partial charge in [-0.1, -0.05) is 6.92 Å². The molecule has 0 spiro atoms. The molecule has 0 radical (unpaired) electrons. The molecule has 0 aliphatic carbocycles. The van der Waals surface area contributed by atoms with Crippen molar-refractivity contribution >= 4 is 16.0 Å². The molecule has 3 atom stereocenters. The van der Waals surface area contributed by atoms with Crippen molar-refractivity contribution in [1.82, 2.24) is 4.31 Å². The maximum atomic E-state index is 12.8. The molecule has 1 N–H and O–H groups in total. The van der Waals surface area contributed by atoms with Crippen molar-refractivity contribution in [3.05, 3.63) is 0 Å². The summed E-state index contributed by atoms with van der Waals surface area (Å²) in [5, 5.41) is 8.86. The van der Waals surface area contributed by atoms with Crippen LogP contribution in [0.2, 0.25) is 0 Å². The predicted molar refractivity (Wildman–Crippen MR) is 67.1 cm³/mol. The lowest BCUT2D eigenvalue weighted by atomic mass is 9.96. The van der Waals surface area contributed by atoms with Gasteiger partial charge in [0.25, 0.3) is 0 Å². The summed E-state index contributed by atoms with van der Waals surface area (Å²) >= 11 is 0. The van der Waals surface area contributed by atoms with Crippen LogP contribution in [0.4, 0.5) is 13.2 Å². The molecular formula is C11H18F3NO5S. The Hall–Kier alpha value is -0.870. The maximum absolute atomic E-state index is 12.8. The van der Waals surface area contributed by atoms with Crippen LogP contribution in [0.1, 0.15) is 13.3 Å². The quantitative estimate of drug-likeness (QED) is 0.782. The van der Waals surface area contributed by atoms with E-state index in [1.54, 1.807) is 6.92 Å². The fraction of sp³-hybridized carbons (Fsp3) is 0.909. The van der Waals surface area contributed by atoms with Crippen LogP contribution in [0.5, 0.6) is 0 Å². The van der Waals surface area contributed by atoms with Gasteiger partial charge in [0.15, 0.2) is 0 Å². The Balaban J connectivity index is 2.93. The third-order valence-corrected chi connectivity index (χ3v) is 5.48. The molecule has 6 nitrogen and oxygen atoms in total. The summed E-state index contributed by atoms with van der Waals surface area (Å²) in [7, 11) is -2.69. The highest BCUT2D eigenvalue weighted by Gasteiger charge is 2.54. The van der Waals surface area contributed by atoms with E-state index in [-0.39, 0.29) is 0 Å². The number of carboxylic acid groups (broad SMARTS) is 1. The van der Waals surface area contributed by atoms with Crippen LogP contribution in [0.25, 0.3) is 0 Å². The Labute approximate surface area is 120 Å². The van der Waals surface area contributed by atoms with Crippen molar-refractivity contribution < 1.29 is 36.2 Å². The zero-order chi connectivity index (χ0) is 16.4. The van der Waals surface area contributed by atoms with E-state index in [4.69, 9.17) is 9.84 Å². The van der Waals surface area contributed by atoms with Gasteiger partial charge in [0.1, 0.15) is 0 Å². The van der Waals surface area contributed by atoms with Crippen LogP contribution in [-0.4, -0.2) is 62.0 Å².